The van der Waals surface area contributed by atoms with Crippen molar-refractivity contribution in [3.8, 4) is 5.75 Å². The summed E-state index contributed by atoms with van der Waals surface area (Å²) in [5, 5.41) is 0. The molecule has 0 amide bonds. The molecule has 0 N–H and O–H groups in total. The highest BCUT2D eigenvalue weighted by atomic mass is 16.5. The Labute approximate surface area is 187 Å². The van der Waals surface area contributed by atoms with E-state index in [9.17, 15) is 0 Å². The molecule has 0 saturated carbocycles. The zero-order valence-corrected chi connectivity index (χ0v) is 18.6. The minimum atomic E-state index is 0.689. The first-order valence-corrected chi connectivity index (χ1v) is 11.6. The van der Waals surface area contributed by atoms with Crippen molar-refractivity contribution in [2.75, 3.05) is 19.8 Å². The van der Waals surface area contributed by atoms with Crippen molar-refractivity contribution in [2.24, 2.45) is 0 Å². The maximum atomic E-state index is 6.08. The van der Waals surface area contributed by atoms with Crippen LogP contribution >= 0.6 is 0 Å². The summed E-state index contributed by atoms with van der Waals surface area (Å²) in [7, 11) is 0. The van der Waals surface area contributed by atoms with Gasteiger partial charge in [-0.2, -0.15) is 0 Å². The van der Waals surface area contributed by atoms with Gasteiger partial charge in [0.1, 0.15) is 12.5 Å². The lowest BCUT2D eigenvalue weighted by atomic mass is 9.88. The van der Waals surface area contributed by atoms with Crippen LogP contribution in [0.15, 0.2) is 90.5 Å². The van der Waals surface area contributed by atoms with E-state index < -0.39 is 0 Å². The second-order valence-corrected chi connectivity index (χ2v) is 8.34. The Morgan fingerprint density at radius 1 is 0.742 bits per heavy atom. The summed E-state index contributed by atoms with van der Waals surface area (Å²) in [5.74, 6) is 0.947. The minimum absolute atomic E-state index is 0.689. The third-order valence-corrected chi connectivity index (χ3v) is 6.11. The number of nitrogens with zero attached hydrogens (tertiary/aromatic N) is 1. The lowest BCUT2D eigenvalue weighted by Crippen LogP contribution is -2.33. The van der Waals surface area contributed by atoms with Crippen molar-refractivity contribution in [3.05, 3.63) is 107 Å². The maximum absolute atomic E-state index is 6.08. The van der Waals surface area contributed by atoms with Crippen LogP contribution in [0.5, 0.6) is 5.75 Å². The quantitative estimate of drug-likeness (QED) is 0.397. The number of benzene rings is 3. The molecule has 1 saturated heterocycles. The number of likely N-dealkylation sites (tertiary alicyclic amines) is 1. The van der Waals surface area contributed by atoms with Crippen molar-refractivity contribution in [3.63, 3.8) is 0 Å². The fourth-order valence-electron chi connectivity index (χ4n) is 4.38. The van der Waals surface area contributed by atoms with Crippen molar-refractivity contribution in [1.29, 1.82) is 0 Å². The summed E-state index contributed by atoms with van der Waals surface area (Å²) in [6.07, 6.45) is 5.91. The number of ether oxygens (including phenoxy) is 1. The second-order valence-electron chi connectivity index (χ2n) is 8.34. The Balaban J connectivity index is 1.59. The van der Waals surface area contributed by atoms with Gasteiger partial charge in [0, 0.05) is 13.1 Å². The SMILES string of the molecule is CC/C(Cc1ccccc1)=C(\c1ccccc1)c1ccc(OCN2CCCCC2)cc1. The Bertz CT molecular complexity index is 955. The average Bonchev–Trinajstić information content (AvgIpc) is 2.85. The number of rotatable bonds is 8. The van der Waals surface area contributed by atoms with Gasteiger partial charge in [-0.3, -0.25) is 4.90 Å². The van der Waals surface area contributed by atoms with E-state index in [0.29, 0.717) is 6.73 Å². The summed E-state index contributed by atoms with van der Waals surface area (Å²) in [4.78, 5) is 2.40. The molecule has 2 nitrogen and oxygen atoms in total. The van der Waals surface area contributed by atoms with Gasteiger partial charge in [0.25, 0.3) is 0 Å². The molecular weight excluding hydrogens is 378 g/mol. The van der Waals surface area contributed by atoms with Gasteiger partial charge in [-0.15, -0.1) is 0 Å². The van der Waals surface area contributed by atoms with Crippen LogP contribution in [0, 0.1) is 0 Å². The zero-order valence-electron chi connectivity index (χ0n) is 18.6. The Kier molecular flexibility index (Phi) is 7.57. The molecule has 0 radical (unpaired) electrons. The van der Waals surface area contributed by atoms with Crippen LogP contribution in [0.25, 0.3) is 5.57 Å². The molecule has 1 aliphatic heterocycles. The van der Waals surface area contributed by atoms with Crippen LogP contribution in [0.1, 0.15) is 49.3 Å². The molecule has 31 heavy (non-hydrogen) atoms. The third kappa shape index (κ3) is 5.86. The fraction of sp³-hybridized carbons (Fsp3) is 0.310. The van der Waals surface area contributed by atoms with Gasteiger partial charge in [0.15, 0.2) is 0 Å². The molecule has 160 valence electrons. The van der Waals surface area contributed by atoms with Crippen molar-refractivity contribution >= 4 is 5.57 Å². The van der Waals surface area contributed by atoms with Crippen molar-refractivity contribution in [2.45, 2.75) is 39.0 Å². The van der Waals surface area contributed by atoms with E-state index in [1.54, 1.807) is 0 Å². The summed E-state index contributed by atoms with van der Waals surface area (Å²) >= 11 is 0. The van der Waals surface area contributed by atoms with Crippen LogP contribution in [0.4, 0.5) is 0 Å². The Hall–Kier alpha value is -2.84. The van der Waals surface area contributed by atoms with E-state index >= 15 is 0 Å². The van der Waals surface area contributed by atoms with Crippen molar-refractivity contribution in [1.82, 2.24) is 4.90 Å². The van der Waals surface area contributed by atoms with Crippen LogP contribution in [-0.2, 0) is 6.42 Å². The summed E-state index contributed by atoms with van der Waals surface area (Å²) < 4.78 is 6.08. The molecule has 0 unspecified atom stereocenters. The minimum Gasteiger partial charge on any atom is -0.478 e. The molecule has 0 aliphatic carbocycles. The van der Waals surface area contributed by atoms with Crippen LogP contribution in [-0.4, -0.2) is 24.7 Å². The molecule has 2 heteroatoms. The first-order chi connectivity index (χ1) is 15.3. The summed E-state index contributed by atoms with van der Waals surface area (Å²) in [6, 6.07) is 30.2. The van der Waals surface area contributed by atoms with E-state index in [1.165, 1.54) is 47.1 Å². The first kappa shape index (κ1) is 21.4. The van der Waals surface area contributed by atoms with Gasteiger partial charge in [-0.1, -0.05) is 91.7 Å². The average molecular weight is 412 g/mol. The first-order valence-electron chi connectivity index (χ1n) is 11.6. The van der Waals surface area contributed by atoms with Crippen LogP contribution < -0.4 is 4.74 Å². The van der Waals surface area contributed by atoms with Gasteiger partial charge < -0.3 is 4.74 Å². The van der Waals surface area contributed by atoms with Crippen LogP contribution in [0.2, 0.25) is 0 Å². The topological polar surface area (TPSA) is 12.5 Å². The number of allylic oxidation sites excluding steroid dienone is 1. The van der Waals surface area contributed by atoms with Gasteiger partial charge >= 0.3 is 0 Å². The van der Waals surface area contributed by atoms with E-state index in [0.717, 1.165) is 31.7 Å². The maximum Gasteiger partial charge on any atom is 0.142 e. The summed E-state index contributed by atoms with van der Waals surface area (Å²) in [5.41, 5.74) is 6.68. The predicted octanol–water partition coefficient (Wildman–Crippen LogP) is 6.96. The van der Waals surface area contributed by atoms with Gasteiger partial charge in [-0.25, -0.2) is 0 Å². The molecule has 1 heterocycles. The lowest BCUT2D eigenvalue weighted by Gasteiger charge is -2.26. The van der Waals surface area contributed by atoms with Crippen molar-refractivity contribution < 1.29 is 4.74 Å². The Morgan fingerprint density at radius 3 is 2.00 bits per heavy atom. The fourth-order valence-corrected chi connectivity index (χ4v) is 4.38. The molecule has 3 aromatic carbocycles. The van der Waals surface area contributed by atoms with E-state index in [1.807, 2.05) is 0 Å². The molecule has 1 aliphatic rings. The number of piperidine rings is 1. The largest absolute Gasteiger partial charge is 0.478 e. The molecule has 0 aromatic heterocycles. The van der Waals surface area contributed by atoms with E-state index in [-0.39, 0.29) is 0 Å². The zero-order chi connectivity index (χ0) is 21.3. The molecular formula is C29H33NO. The molecule has 0 spiro atoms. The van der Waals surface area contributed by atoms with Gasteiger partial charge in [0.2, 0.25) is 0 Å². The predicted molar refractivity (Wildman–Crippen MR) is 130 cm³/mol. The monoisotopic (exact) mass is 411 g/mol. The van der Waals surface area contributed by atoms with Gasteiger partial charge in [0.05, 0.1) is 0 Å². The molecule has 0 bridgehead atoms. The number of hydrogen-bond acceptors (Lipinski definition) is 2. The normalized spacial score (nSPS) is 15.4. The van der Waals surface area contributed by atoms with E-state index in [4.69, 9.17) is 4.74 Å². The highest BCUT2D eigenvalue weighted by molar-refractivity contribution is 5.82. The highest BCUT2D eigenvalue weighted by Crippen LogP contribution is 2.31. The molecule has 4 rings (SSSR count). The lowest BCUT2D eigenvalue weighted by molar-refractivity contribution is 0.106. The smallest absolute Gasteiger partial charge is 0.142 e. The Morgan fingerprint density at radius 2 is 1.35 bits per heavy atom. The second kappa shape index (κ2) is 11.0. The standard InChI is InChI=1S/C29H33NO/c1-2-25(22-24-12-6-3-7-13-24)29(26-14-8-4-9-15-26)27-16-18-28(19-17-27)31-23-30-20-10-5-11-21-30/h3-4,6-9,12-19H,2,5,10-11,20-23H2,1H3/b29-25-. The third-order valence-electron chi connectivity index (χ3n) is 6.11. The van der Waals surface area contributed by atoms with Gasteiger partial charge in [-0.05, 0) is 60.1 Å². The summed E-state index contributed by atoms with van der Waals surface area (Å²) in [6.45, 7) is 5.25. The van der Waals surface area contributed by atoms with Crippen LogP contribution in [0.3, 0.4) is 0 Å². The molecule has 3 aromatic rings. The molecule has 1 fully saturated rings. The number of hydrogen-bond donors (Lipinski definition) is 0. The molecule has 0 atom stereocenters. The highest BCUT2D eigenvalue weighted by Gasteiger charge is 2.13. The van der Waals surface area contributed by atoms with E-state index in [2.05, 4.69) is 96.8 Å².